The molecule has 0 saturated carbocycles. The fourth-order valence-electron chi connectivity index (χ4n) is 2.79. The van der Waals surface area contributed by atoms with E-state index in [9.17, 15) is 0 Å². The van der Waals surface area contributed by atoms with E-state index in [4.69, 9.17) is 13.6 Å². The maximum Gasteiger partial charge on any atom is 0.398 e. The van der Waals surface area contributed by atoms with Crippen LogP contribution < -0.4 is 4.52 Å². The summed E-state index contributed by atoms with van der Waals surface area (Å²) in [4.78, 5) is 0. The maximum atomic E-state index is 6.29. The third kappa shape index (κ3) is 2.48. The number of fused-ring (bicyclic) bond motifs is 2. The molecule has 0 bridgehead atoms. The molecule has 1 saturated heterocycles. The molecule has 4 heteroatoms. The van der Waals surface area contributed by atoms with E-state index in [0.29, 0.717) is 0 Å². The Hall–Kier alpha value is -1.67. The molecular formula is C20H21O3P. The van der Waals surface area contributed by atoms with Gasteiger partial charge in [-0.1, -0.05) is 48.5 Å². The van der Waals surface area contributed by atoms with Gasteiger partial charge >= 0.3 is 8.60 Å². The van der Waals surface area contributed by atoms with Crippen LogP contribution in [0.25, 0.3) is 21.5 Å². The van der Waals surface area contributed by atoms with Crippen molar-refractivity contribution in [3.63, 3.8) is 0 Å². The van der Waals surface area contributed by atoms with Crippen LogP contribution in [0.5, 0.6) is 5.75 Å². The van der Waals surface area contributed by atoms with Crippen molar-refractivity contribution in [2.45, 2.75) is 38.9 Å². The van der Waals surface area contributed by atoms with Crippen molar-refractivity contribution in [3.05, 3.63) is 54.6 Å². The molecule has 0 atom stereocenters. The second kappa shape index (κ2) is 5.42. The predicted octanol–water partition coefficient (Wildman–Crippen LogP) is 6.20. The van der Waals surface area contributed by atoms with Crippen molar-refractivity contribution in [2.75, 3.05) is 0 Å². The molecule has 0 unspecified atom stereocenters. The highest BCUT2D eigenvalue weighted by Crippen LogP contribution is 2.59. The highest BCUT2D eigenvalue weighted by molar-refractivity contribution is 7.42. The molecule has 3 nitrogen and oxygen atoms in total. The lowest BCUT2D eigenvalue weighted by Gasteiger charge is -2.29. The second-order valence-corrected chi connectivity index (χ2v) is 8.16. The molecule has 0 radical (unpaired) electrons. The third-order valence-electron chi connectivity index (χ3n) is 4.94. The van der Waals surface area contributed by atoms with Gasteiger partial charge in [-0.05, 0) is 44.5 Å². The first-order valence-electron chi connectivity index (χ1n) is 8.14. The Labute approximate surface area is 143 Å². The molecule has 0 spiro atoms. The summed E-state index contributed by atoms with van der Waals surface area (Å²) in [5.41, 5.74) is -0.780. The first-order valence-corrected chi connectivity index (χ1v) is 9.24. The number of rotatable bonds is 2. The van der Waals surface area contributed by atoms with Crippen molar-refractivity contribution >= 4 is 30.1 Å². The Kier molecular flexibility index (Phi) is 3.58. The van der Waals surface area contributed by atoms with Crippen molar-refractivity contribution in [1.82, 2.24) is 0 Å². The van der Waals surface area contributed by atoms with Gasteiger partial charge < -0.3 is 4.52 Å². The van der Waals surface area contributed by atoms with Crippen LogP contribution in [0, 0.1) is 0 Å². The molecule has 1 aliphatic heterocycles. The Morgan fingerprint density at radius 2 is 1.21 bits per heavy atom. The summed E-state index contributed by atoms with van der Waals surface area (Å²) in [6.45, 7) is 8.17. The van der Waals surface area contributed by atoms with Crippen LogP contribution >= 0.6 is 8.60 Å². The van der Waals surface area contributed by atoms with Gasteiger partial charge in [-0.2, -0.15) is 0 Å². The van der Waals surface area contributed by atoms with Crippen LogP contribution in [0.15, 0.2) is 54.6 Å². The van der Waals surface area contributed by atoms with Gasteiger partial charge in [0.2, 0.25) is 0 Å². The lowest BCUT2D eigenvalue weighted by molar-refractivity contribution is 0.00578. The molecule has 0 amide bonds. The fraction of sp³-hybridized carbons (Fsp3) is 0.300. The molecule has 3 aromatic carbocycles. The number of hydrogen-bond donors (Lipinski definition) is 0. The van der Waals surface area contributed by atoms with Gasteiger partial charge in [0.25, 0.3) is 0 Å². The van der Waals surface area contributed by atoms with Crippen LogP contribution in [-0.2, 0) is 9.05 Å². The van der Waals surface area contributed by atoms with Gasteiger partial charge in [0, 0.05) is 10.8 Å². The summed E-state index contributed by atoms with van der Waals surface area (Å²) >= 11 is 0. The summed E-state index contributed by atoms with van der Waals surface area (Å²) in [6.07, 6.45) is 0. The van der Waals surface area contributed by atoms with E-state index < -0.39 is 8.60 Å². The van der Waals surface area contributed by atoms with E-state index in [0.717, 1.165) is 27.3 Å². The summed E-state index contributed by atoms with van der Waals surface area (Å²) in [7, 11) is -1.44. The zero-order valence-corrected chi connectivity index (χ0v) is 15.3. The molecule has 0 N–H and O–H groups in total. The topological polar surface area (TPSA) is 27.7 Å². The molecule has 124 valence electrons. The van der Waals surface area contributed by atoms with Crippen LogP contribution in [0.3, 0.4) is 0 Å². The smallest absolute Gasteiger partial charge is 0.398 e. The minimum Gasteiger partial charge on any atom is -0.425 e. The van der Waals surface area contributed by atoms with E-state index >= 15 is 0 Å². The third-order valence-corrected chi connectivity index (χ3v) is 6.49. The van der Waals surface area contributed by atoms with Crippen LogP contribution in [0.4, 0.5) is 0 Å². The molecule has 1 aliphatic rings. The average Bonchev–Trinajstić information content (AvgIpc) is 2.74. The van der Waals surface area contributed by atoms with Crippen molar-refractivity contribution in [3.8, 4) is 5.75 Å². The summed E-state index contributed by atoms with van der Waals surface area (Å²) in [5, 5.41) is 4.46. The Morgan fingerprint density at radius 1 is 0.750 bits per heavy atom. The monoisotopic (exact) mass is 340 g/mol. The summed E-state index contributed by atoms with van der Waals surface area (Å²) < 4.78 is 18.5. The summed E-state index contributed by atoms with van der Waals surface area (Å²) in [6, 6.07) is 18.7. The molecule has 24 heavy (non-hydrogen) atoms. The first kappa shape index (κ1) is 15.8. The van der Waals surface area contributed by atoms with E-state index in [1.807, 2.05) is 52.0 Å². The highest BCUT2D eigenvalue weighted by atomic mass is 31.2. The summed E-state index contributed by atoms with van der Waals surface area (Å²) in [5.74, 6) is 0.836. The minimum absolute atomic E-state index is 0.390. The molecule has 3 aromatic rings. The van der Waals surface area contributed by atoms with E-state index in [-0.39, 0.29) is 11.2 Å². The lowest BCUT2D eigenvalue weighted by atomic mass is 9.90. The van der Waals surface area contributed by atoms with Crippen molar-refractivity contribution in [1.29, 1.82) is 0 Å². The molecule has 1 fully saturated rings. The van der Waals surface area contributed by atoms with Gasteiger partial charge in [-0.25, -0.2) is 0 Å². The van der Waals surface area contributed by atoms with E-state index in [1.54, 1.807) is 0 Å². The molecular weight excluding hydrogens is 319 g/mol. The highest BCUT2D eigenvalue weighted by Gasteiger charge is 2.52. The van der Waals surface area contributed by atoms with Gasteiger partial charge in [0.15, 0.2) is 0 Å². The van der Waals surface area contributed by atoms with Gasteiger partial charge in [0.05, 0.1) is 0 Å². The maximum absolute atomic E-state index is 6.29. The number of hydrogen-bond acceptors (Lipinski definition) is 3. The van der Waals surface area contributed by atoms with Crippen LogP contribution in [-0.4, -0.2) is 11.2 Å². The van der Waals surface area contributed by atoms with Gasteiger partial charge in [-0.15, -0.1) is 0 Å². The zero-order chi connectivity index (χ0) is 16.9. The Morgan fingerprint density at radius 3 is 1.71 bits per heavy atom. The SMILES string of the molecule is CC1(C)OP(Oc2c3ccccc3cc3ccccc23)OC1(C)C. The zero-order valence-electron chi connectivity index (χ0n) is 14.4. The predicted molar refractivity (Wildman–Crippen MR) is 99.3 cm³/mol. The van der Waals surface area contributed by atoms with Gasteiger partial charge in [-0.3, -0.25) is 9.05 Å². The largest absolute Gasteiger partial charge is 0.425 e. The molecule has 4 rings (SSSR count). The average molecular weight is 340 g/mol. The van der Waals surface area contributed by atoms with Crippen LogP contribution in [0.1, 0.15) is 27.7 Å². The Balaban J connectivity index is 1.83. The normalized spacial score (nSPS) is 19.8. The minimum atomic E-state index is -1.44. The standard InChI is InChI=1S/C20H21O3P/c1-19(2)20(3,4)23-24(22-19)21-18-16-11-7-5-9-14(16)13-15-10-6-8-12-17(15)18/h5-13H,1-4H3. The molecule has 0 aromatic heterocycles. The van der Waals surface area contributed by atoms with E-state index in [2.05, 4.69) is 30.3 Å². The fourth-order valence-corrected chi connectivity index (χ4v) is 4.44. The molecule has 1 heterocycles. The lowest BCUT2D eigenvalue weighted by Crippen LogP contribution is -2.41. The van der Waals surface area contributed by atoms with Crippen LogP contribution in [0.2, 0.25) is 0 Å². The van der Waals surface area contributed by atoms with E-state index in [1.165, 1.54) is 0 Å². The first-order chi connectivity index (χ1) is 11.4. The number of benzene rings is 3. The second-order valence-electron chi connectivity index (χ2n) is 7.17. The quantitative estimate of drug-likeness (QED) is 0.410. The van der Waals surface area contributed by atoms with Crippen molar-refractivity contribution in [2.24, 2.45) is 0 Å². The molecule has 0 aliphatic carbocycles. The Bertz CT molecular complexity index is 847. The van der Waals surface area contributed by atoms with Crippen molar-refractivity contribution < 1.29 is 13.6 Å². The van der Waals surface area contributed by atoms with Gasteiger partial charge in [0.1, 0.15) is 17.0 Å².